The van der Waals surface area contributed by atoms with E-state index in [4.69, 9.17) is 5.11 Å². The zero-order valence-electron chi connectivity index (χ0n) is 11.3. The van der Waals surface area contributed by atoms with Crippen LogP contribution in [0.4, 0.5) is 5.69 Å². The molecular formula is C15H17NO3. The number of fused-ring (bicyclic) bond motifs is 1. The first kappa shape index (κ1) is 13.3. The summed E-state index contributed by atoms with van der Waals surface area (Å²) in [6, 6.07) is 5.68. The Morgan fingerprint density at radius 3 is 2.68 bits per heavy atom. The van der Waals surface area contributed by atoms with Crippen LogP contribution < -0.4 is 4.90 Å². The van der Waals surface area contributed by atoms with Gasteiger partial charge in [-0.25, -0.2) is 4.79 Å². The maximum absolute atomic E-state index is 11.6. The smallest absolute Gasteiger partial charge is 0.328 e. The molecule has 0 bridgehead atoms. The molecule has 0 aliphatic carbocycles. The van der Waals surface area contributed by atoms with Gasteiger partial charge in [0.2, 0.25) is 5.91 Å². The minimum atomic E-state index is -0.947. The van der Waals surface area contributed by atoms with Crippen LogP contribution in [0.5, 0.6) is 0 Å². The number of aliphatic carboxylic acids is 1. The second-order valence-electron chi connectivity index (χ2n) is 5.07. The Kier molecular flexibility index (Phi) is 3.42. The van der Waals surface area contributed by atoms with Crippen LogP contribution >= 0.6 is 0 Å². The van der Waals surface area contributed by atoms with Crippen molar-refractivity contribution in [3.8, 4) is 0 Å². The first-order chi connectivity index (χ1) is 8.90. The summed E-state index contributed by atoms with van der Waals surface area (Å²) in [6.07, 6.45) is 1.63. The Morgan fingerprint density at radius 1 is 1.42 bits per heavy atom. The van der Waals surface area contributed by atoms with Gasteiger partial charge in [-0.3, -0.25) is 4.79 Å². The number of benzene rings is 1. The first-order valence-corrected chi connectivity index (χ1v) is 6.24. The lowest BCUT2D eigenvalue weighted by atomic mass is 9.93. The van der Waals surface area contributed by atoms with Crippen LogP contribution in [0.15, 0.2) is 24.3 Å². The third-order valence-electron chi connectivity index (χ3n) is 3.39. The Hall–Kier alpha value is -2.10. The van der Waals surface area contributed by atoms with Crippen molar-refractivity contribution >= 4 is 23.1 Å². The van der Waals surface area contributed by atoms with Crippen molar-refractivity contribution in [3.05, 3.63) is 35.4 Å². The lowest BCUT2D eigenvalue weighted by Crippen LogP contribution is -2.20. The molecule has 2 rings (SSSR count). The van der Waals surface area contributed by atoms with E-state index in [0.29, 0.717) is 6.42 Å². The number of amides is 1. The summed E-state index contributed by atoms with van der Waals surface area (Å²) >= 11 is 0. The van der Waals surface area contributed by atoms with Gasteiger partial charge in [0.1, 0.15) is 0 Å². The molecule has 0 aromatic heterocycles. The van der Waals surface area contributed by atoms with E-state index >= 15 is 0 Å². The first-order valence-electron chi connectivity index (χ1n) is 6.24. The van der Waals surface area contributed by atoms with Crippen molar-refractivity contribution in [1.29, 1.82) is 0 Å². The standard InChI is InChI=1S/C15H17NO3/c1-9(2)12(8-15(18)19)10-4-5-13-11(6-10)7-14(17)16(13)3/h4-6,8-9H,7H2,1-3H3,(H,18,19)/b12-8+. The summed E-state index contributed by atoms with van der Waals surface area (Å²) in [6.45, 7) is 3.92. The second kappa shape index (κ2) is 4.88. The molecule has 1 aliphatic heterocycles. The average Bonchev–Trinajstić information content (AvgIpc) is 2.61. The molecule has 1 aliphatic rings. The van der Waals surface area contributed by atoms with Gasteiger partial charge < -0.3 is 10.0 Å². The molecule has 0 saturated carbocycles. The fraction of sp³-hybridized carbons (Fsp3) is 0.333. The lowest BCUT2D eigenvalue weighted by Gasteiger charge is -2.14. The zero-order valence-corrected chi connectivity index (χ0v) is 11.3. The fourth-order valence-corrected chi connectivity index (χ4v) is 2.37. The molecule has 0 unspecified atom stereocenters. The third kappa shape index (κ3) is 2.52. The number of carboxylic acid groups (broad SMARTS) is 1. The Morgan fingerprint density at radius 2 is 2.11 bits per heavy atom. The van der Waals surface area contributed by atoms with Gasteiger partial charge >= 0.3 is 5.97 Å². The highest BCUT2D eigenvalue weighted by Gasteiger charge is 2.24. The highest BCUT2D eigenvalue weighted by Crippen LogP contribution is 2.32. The molecule has 1 N–H and O–H groups in total. The Bertz CT molecular complexity index is 573. The van der Waals surface area contributed by atoms with E-state index < -0.39 is 5.97 Å². The topological polar surface area (TPSA) is 57.6 Å². The van der Waals surface area contributed by atoms with Crippen LogP contribution in [0, 0.1) is 5.92 Å². The van der Waals surface area contributed by atoms with E-state index in [1.54, 1.807) is 11.9 Å². The number of allylic oxidation sites excluding steroid dienone is 1. The maximum atomic E-state index is 11.6. The van der Waals surface area contributed by atoms with Crippen LogP contribution in [0.1, 0.15) is 25.0 Å². The van der Waals surface area contributed by atoms with E-state index in [-0.39, 0.29) is 11.8 Å². The van der Waals surface area contributed by atoms with Crippen LogP contribution in [0.3, 0.4) is 0 Å². The summed E-state index contributed by atoms with van der Waals surface area (Å²) in [4.78, 5) is 24.2. The van der Waals surface area contributed by atoms with Gasteiger partial charge in [-0.15, -0.1) is 0 Å². The van der Waals surface area contributed by atoms with Crippen LogP contribution in [-0.4, -0.2) is 24.0 Å². The molecular weight excluding hydrogens is 242 g/mol. The quantitative estimate of drug-likeness (QED) is 0.847. The normalized spacial score (nSPS) is 15.1. The van der Waals surface area contributed by atoms with Crippen molar-refractivity contribution in [3.63, 3.8) is 0 Å². The van der Waals surface area contributed by atoms with Gasteiger partial charge in [0.05, 0.1) is 6.42 Å². The summed E-state index contributed by atoms with van der Waals surface area (Å²) in [5.41, 5.74) is 3.52. The number of carbonyl (C=O) groups excluding carboxylic acids is 1. The molecule has 1 heterocycles. The van der Waals surface area contributed by atoms with Crippen molar-refractivity contribution in [2.24, 2.45) is 5.92 Å². The monoisotopic (exact) mass is 259 g/mol. The maximum Gasteiger partial charge on any atom is 0.328 e. The second-order valence-corrected chi connectivity index (χ2v) is 5.07. The van der Waals surface area contributed by atoms with E-state index in [0.717, 1.165) is 22.4 Å². The number of hydrogen-bond donors (Lipinski definition) is 1. The number of hydrogen-bond acceptors (Lipinski definition) is 2. The van der Waals surface area contributed by atoms with E-state index in [9.17, 15) is 9.59 Å². The molecule has 1 amide bonds. The predicted octanol–water partition coefficient (Wildman–Crippen LogP) is 2.33. The van der Waals surface area contributed by atoms with E-state index in [1.807, 2.05) is 32.0 Å². The van der Waals surface area contributed by atoms with Gasteiger partial charge in [-0.1, -0.05) is 19.9 Å². The molecule has 0 saturated heterocycles. The van der Waals surface area contributed by atoms with Crippen molar-refractivity contribution in [2.45, 2.75) is 20.3 Å². The highest BCUT2D eigenvalue weighted by molar-refractivity contribution is 6.01. The lowest BCUT2D eigenvalue weighted by molar-refractivity contribution is -0.131. The van der Waals surface area contributed by atoms with Crippen LogP contribution in [0.25, 0.3) is 5.57 Å². The summed E-state index contributed by atoms with van der Waals surface area (Å²) < 4.78 is 0. The number of likely N-dealkylation sites (N-methyl/N-ethyl adjacent to an activating group) is 1. The van der Waals surface area contributed by atoms with Crippen LogP contribution in [-0.2, 0) is 16.0 Å². The molecule has 0 fully saturated rings. The van der Waals surface area contributed by atoms with Gasteiger partial charge in [0.15, 0.2) is 0 Å². The average molecular weight is 259 g/mol. The van der Waals surface area contributed by atoms with Gasteiger partial charge in [-0.05, 0) is 34.8 Å². The minimum absolute atomic E-state index is 0.0699. The molecule has 0 radical (unpaired) electrons. The summed E-state index contributed by atoms with van der Waals surface area (Å²) in [5, 5.41) is 8.93. The number of carbonyl (C=O) groups is 2. The van der Waals surface area contributed by atoms with Gasteiger partial charge in [-0.2, -0.15) is 0 Å². The molecule has 0 spiro atoms. The van der Waals surface area contributed by atoms with E-state index in [2.05, 4.69) is 0 Å². The zero-order chi connectivity index (χ0) is 14.2. The molecule has 19 heavy (non-hydrogen) atoms. The van der Waals surface area contributed by atoms with Gasteiger partial charge in [0.25, 0.3) is 0 Å². The summed E-state index contributed by atoms with van der Waals surface area (Å²) in [7, 11) is 1.75. The third-order valence-corrected chi connectivity index (χ3v) is 3.39. The van der Waals surface area contributed by atoms with Gasteiger partial charge in [0, 0.05) is 18.8 Å². The Labute approximate surface area is 112 Å². The fourth-order valence-electron chi connectivity index (χ4n) is 2.37. The largest absolute Gasteiger partial charge is 0.478 e. The predicted molar refractivity (Wildman–Crippen MR) is 74.0 cm³/mol. The highest BCUT2D eigenvalue weighted by atomic mass is 16.4. The molecule has 0 atom stereocenters. The molecule has 4 heteroatoms. The van der Waals surface area contributed by atoms with Crippen LogP contribution in [0.2, 0.25) is 0 Å². The SMILES string of the molecule is CC(C)/C(=C\C(=O)O)c1ccc2c(c1)CC(=O)N2C. The van der Waals surface area contributed by atoms with E-state index in [1.165, 1.54) is 6.08 Å². The molecule has 1 aromatic rings. The molecule has 1 aromatic carbocycles. The number of nitrogens with zero attached hydrogens (tertiary/aromatic N) is 1. The number of anilines is 1. The minimum Gasteiger partial charge on any atom is -0.478 e. The van der Waals surface area contributed by atoms with Crippen molar-refractivity contribution in [1.82, 2.24) is 0 Å². The van der Waals surface area contributed by atoms with Crippen molar-refractivity contribution in [2.75, 3.05) is 11.9 Å². The molecule has 100 valence electrons. The number of carboxylic acids is 1. The Balaban J connectivity index is 2.45. The van der Waals surface area contributed by atoms with Crippen molar-refractivity contribution < 1.29 is 14.7 Å². The summed E-state index contributed by atoms with van der Waals surface area (Å²) in [5.74, 6) is -0.762. The number of rotatable bonds is 3. The molecule has 4 nitrogen and oxygen atoms in total.